The molecule has 54 valence electrons. The van der Waals surface area contributed by atoms with Crippen molar-refractivity contribution in [2.24, 2.45) is 5.11 Å². The van der Waals surface area contributed by atoms with Crippen LogP contribution in [0.5, 0.6) is 0 Å². The van der Waals surface area contributed by atoms with E-state index in [0.29, 0.717) is 0 Å². The summed E-state index contributed by atoms with van der Waals surface area (Å²) < 4.78 is 0. The molecule has 1 rings (SSSR count). The summed E-state index contributed by atoms with van der Waals surface area (Å²) in [6, 6.07) is 4.12. The van der Waals surface area contributed by atoms with Crippen molar-refractivity contribution < 1.29 is 0 Å². The molecule has 0 bridgehead atoms. The van der Waals surface area contributed by atoms with E-state index in [4.69, 9.17) is 5.53 Å². The Balaban J connectivity index is 2.73. The number of nitrogens with one attached hydrogen (secondary N) is 1. The normalized spacial score (nSPS) is 12.9. The lowest BCUT2D eigenvalue weighted by atomic mass is 10.2. The van der Waals surface area contributed by atoms with Crippen LogP contribution in [0, 0.1) is 5.53 Å². The van der Waals surface area contributed by atoms with Crippen molar-refractivity contribution in [1.29, 1.82) is 5.53 Å². The highest BCUT2D eigenvalue weighted by Crippen LogP contribution is 2.24. The fourth-order valence-corrected chi connectivity index (χ4v) is 1.68. The Hall–Kier alpha value is -0.700. The summed E-state index contributed by atoms with van der Waals surface area (Å²) in [4.78, 5) is 1.19. The van der Waals surface area contributed by atoms with Crippen molar-refractivity contribution in [2.75, 3.05) is 0 Å². The van der Waals surface area contributed by atoms with Crippen LogP contribution in [0.2, 0.25) is 0 Å². The van der Waals surface area contributed by atoms with Gasteiger partial charge in [0.15, 0.2) is 0 Å². The lowest BCUT2D eigenvalue weighted by Crippen LogP contribution is -1.86. The van der Waals surface area contributed by atoms with E-state index in [9.17, 15) is 0 Å². The third-order valence-electron chi connectivity index (χ3n) is 1.41. The molecule has 0 aliphatic heterocycles. The van der Waals surface area contributed by atoms with E-state index in [1.165, 1.54) is 4.88 Å². The number of rotatable bonds is 3. The fraction of sp³-hybridized carbons (Fsp3) is 0.429. The first kappa shape index (κ1) is 7.41. The van der Waals surface area contributed by atoms with Crippen LogP contribution in [-0.4, -0.2) is 0 Å². The van der Waals surface area contributed by atoms with Gasteiger partial charge in [0.25, 0.3) is 0 Å². The van der Waals surface area contributed by atoms with Gasteiger partial charge in [0.1, 0.15) is 6.04 Å². The first-order valence-corrected chi connectivity index (χ1v) is 4.16. The van der Waals surface area contributed by atoms with Crippen molar-refractivity contribution >= 4 is 11.3 Å². The quantitative estimate of drug-likeness (QED) is 0.649. The van der Waals surface area contributed by atoms with Crippen LogP contribution >= 0.6 is 11.3 Å². The van der Waals surface area contributed by atoms with E-state index in [2.05, 4.69) is 5.11 Å². The molecule has 0 radical (unpaired) electrons. The fourth-order valence-electron chi connectivity index (χ4n) is 0.837. The Morgan fingerprint density at radius 3 is 3.00 bits per heavy atom. The predicted octanol–water partition coefficient (Wildman–Crippen LogP) is 3.23. The Bertz CT molecular complexity index is 193. The summed E-state index contributed by atoms with van der Waals surface area (Å²) in [5.41, 5.74) is 6.87. The highest BCUT2D eigenvalue weighted by atomic mass is 32.1. The van der Waals surface area contributed by atoms with Gasteiger partial charge in [-0.25, -0.2) is 5.53 Å². The summed E-state index contributed by atoms with van der Waals surface area (Å²) >= 11 is 1.67. The zero-order valence-corrected chi connectivity index (χ0v) is 6.69. The van der Waals surface area contributed by atoms with Crippen LogP contribution in [0.3, 0.4) is 0 Å². The van der Waals surface area contributed by atoms with Gasteiger partial charge in [-0.1, -0.05) is 13.0 Å². The van der Waals surface area contributed by atoms with E-state index >= 15 is 0 Å². The molecule has 2 nitrogen and oxygen atoms in total. The van der Waals surface area contributed by atoms with Crippen molar-refractivity contribution in [3.05, 3.63) is 22.4 Å². The summed E-state index contributed by atoms with van der Waals surface area (Å²) in [5.74, 6) is 0. The van der Waals surface area contributed by atoms with Gasteiger partial charge in [-0.15, -0.1) is 11.3 Å². The standard InChI is InChI=1S/C7H10N2S/c1-2-6(9-8)7-4-3-5-10-7/h3-6,8H,2H2,1H3. The second kappa shape index (κ2) is 3.46. The van der Waals surface area contributed by atoms with Crippen LogP contribution in [0.25, 0.3) is 0 Å². The Morgan fingerprint density at radius 2 is 2.60 bits per heavy atom. The second-order valence-electron chi connectivity index (χ2n) is 2.07. The van der Waals surface area contributed by atoms with Gasteiger partial charge < -0.3 is 0 Å². The molecule has 0 amide bonds. The average molecular weight is 154 g/mol. The molecule has 1 unspecified atom stereocenters. The minimum atomic E-state index is 0.0972. The highest BCUT2D eigenvalue weighted by molar-refractivity contribution is 7.10. The van der Waals surface area contributed by atoms with Crippen molar-refractivity contribution in [1.82, 2.24) is 0 Å². The van der Waals surface area contributed by atoms with Gasteiger partial charge in [-0.3, -0.25) is 0 Å². The molecule has 1 aromatic rings. The molecule has 1 N–H and O–H groups in total. The zero-order chi connectivity index (χ0) is 7.40. The molecule has 0 aliphatic carbocycles. The summed E-state index contributed by atoms with van der Waals surface area (Å²) in [5, 5.41) is 5.53. The zero-order valence-electron chi connectivity index (χ0n) is 5.87. The molecule has 1 aromatic heterocycles. The van der Waals surface area contributed by atoms with Crippen molar-refractivity contribution in [2.45, 2.75) is 19.4 Å². The molecule has 0 aliphatic rings. The minimum Gasteiger partial charge on any atom is -0.209 e. The van der Waals surface area contributed by atoms with Gasteiger partial charge in [0.05, 0.1) is 0 Å². The number of hydrogen-bond acceptors (Lipinski definition) is 3. The summed E-state index contributed by atoms with van der Waals surface area (Å²) in [6.07, 6.45) is 0.921. The Morgan fingerprint density at radius 1 is 1.80 bits per heavy atom. The topological polar surface area (TPSA) is 36.2 Å². The molecule has 1 heterocycles. The molecule has 0 saturated heterocycles. The van der Waals surface area contributed by atoms with Crippen molar-refractivity contribution in [3.8, 4) is 0 Å². The van der Waals surface area contributed by atoms with Crippen molar-refractivity contribution in [3.63, 3.8) is 0 Å². The molecule has 0 saturated carbocycles. The Kier molecular flexibility index (Phi) is 2.57. The first-order valence-electron chi connectivity index (χ1n) is 3.28. The number of thiophene rings is 1. The third kappa shape index (κ3) is 1.42. The molecule has 3 heteroatoms. The lowest BCUT2D eigenvalue weighted by Gasteiger charge is -2.01. The average Bonchev–Trinajstić information content (AvgIpc) is 2.43. The van der Waals surface area contributed by atoms with Crippen LogP contribution in [0.4, 0.5) is 0 Å². The van der Waals surface area contributed by atoms with Gasteiger partial charge in [-0.2, -0.15) is 5.11 Å². The maximum Gasteiger partial charge on any atom is 0.104 e. The highest BCUT2D eigenvalue weighted by Gasteiger charge is 2.06. The molecule has 0 aromatic carbocycles. The monoisotopic (exact) mass is 154 g/mol. The maximum atomic E-state index is 6.87. The Labute approximate surface area is 64.4 Å². The van der Waals surface area contributed by atoms with Crippen LogP contribution in [0.1, 0.15) is 24.3 Å². The molecule has 10 heavy (non-hydrogen) atoms. The molecular formula is C7H10N2S. The summed E-state index contributed by atoms with van der Waals surface area (Å²) in [6.45, 7) is 2.04. The van der Waals surface area contributed by atoms with Crippen LogP contribution in [-0.2, 0) is 0 Å². The van der Waals surface area contributed by atoms with Gasteiger partial charge in [-0.05, 0) is 17.9 Å². The SMILES string of the molecule is CCC(N=N)c1cccs1. The molecule has 0 fully saturated rings. The molecule has 0 spiro atoms. The van der Waals surface area contributed by atoms with Gasteiger partial charge >= 0.3 is 0 Å². The van der Waals surface area contributed by atoms with E-state index in [1.807, 2.05) is 24.4 Å². The van der Waals surface area contributed by atoms with E-state index in [1.54, 1.807) is 11.3 Å². The van der Waals surface area contributed by atoms with Crippen LogP contribution in [0.15, 0.2) is 22.6 Å². The molecular weight excluding hydrogens is 144 g/mol. The van der Waals surface area contributed by atoms with Gasteiger partial charge in [0, 0.05) is 4.88 Å². The smallest absolute Gasteiger partial charge is 0.104 e. The maximum absolute atomic E-state index is 6.87. The number of hydrogen-bond donors (Lipinski definition) is 1. The lowest BCUT2D eigenvalue weighted by molar-refractivity contribution is 0.656. The summed E-state index contributed by atoms with van der Waals surface area (Å²) in [7, 11) is 0. The minimum absolute atomic E-state index is 0.0972. The van der Waals surface area contributed by atoms with E-state index in [0.717, 1.165) is 6.42 Å². The van der Waals surface area contributed by atoms with E-state index < -0.39 is 0 Å². The van der Waals surface area contributed by atoms with E-state index in [-0.39, 0.29) is 6.04 Å². The first-order chi connectivity index (χ1) is 4.88. The van der Waals surface area contributed by atoms with Crippen LogP contribution < -0.4 is 0 Å². The molecule has 1 atom stereocenters. The largest absolute Gasteiger partial charge is 0.209 e. The van der Waals surface area contributed by atoms with Gasteiger partial charge in [0.2, 0.25) is 0 Å². The number of nitrogens with zero attached hydrogens (tertiary/aromatic N) is 1. The third-order valence-corrected chi connectivity index (χ3v) is 2.39. The predicted molar refractivity (Wildman–Crippen MR) is 42.5 cm³/mol. The second-order valence-corrected chi connectivity index (χ2v) is 3.05.